The number of amides is 1. The Labute approximate surface area is 239 Å². The van der Waals surface area contributed by atoms with E-state index < -0.39 is 5.60 Å². The number of carbonyl (C=O) groups is 1. The summed E-state index contributed by atoms with van der Waals surface area (Å²) in [5.74, 6) is 1.41. The van der Waals surface area contributed by atoms with Crippen molar-refractivity contribution in [3.05, 3.63) is 73.1 Å². The number of piperazine rings is 1. The number of hydrogen-bond donors (Lipinski definition) is 1. The van der Waals surface area contributed by atoms with Crippen molar-refractivity contribution in [3.63, 3.8) is 0 Å². The van der Waals surface area contributed by atoms with E-state index in [1.165, 1.54) is 21.8 Å². The van der Waals surface area contributed by atoms with Crippen LogP contribution in [0.4, 0.5) is 22.2 Å². The number of rotatable bonds is 5. The monoisotopic (exact) mass is 549 g/mol. The Morgan fingerprint density at radius 3 is 2.44 bits per heavy atom. The topological polar surface area (TPSA) is 88.4 Å². The molecule has 1 aliphatic rings. The molecule has 1 fully saturated rings. The summed E-state index contributed by atoms with van der Waals surface area (Å²) in [7, 11) is 0. The molecule has 9 nitrogen and oxygen atoms in total. The average Bonchev–Trinajstić information content (AvgIpc) is 3.29. The van der Waals surface area contributed by atoms with Crippen molar-refractivity contribution in [1.29, 1.82) is 0 Å². The minimum absolute atomic E-state index is 0.263. The standard InChI is InChI=1S/C32H35N7O2/c1-5-39-27-9-7-6-8-24(27)25-20-23(11-12-28(25)39)35-30-33-15-14-26(36-30)22-10-13-29(34-21-22)37-16-18-38(19-17-37)31(40)41-32(2,3)4/h6-15,20-21H,5,16-19H2,1-4H3,(H,33,35,36). The molecule has 210 valence electrons. The minimum atomic E-state index is -0.494. The molecule has 0 bridgehead atoms. The van der Waals surface area contributed by atoms with Crippen molar-refractivity contribution >= 4 is 45.4 Å². The highest BCUT2D eigenvalue weighted by molar-refractivity contribution is 6.09. The Balaban J connectivity index is 1.15. The summed E-state index contributed by atoms with van der Waals surface area (Å²) >= 11 is 0. The van der Waals surface area contributed by atoms with Gasteiger partial charge in [-0.3, -0.25) is 0 Å². The molecule has 1 saturated heterocycles. The maximum absolute atomic E-state index is 12.4. The van der Waals surface area contributed by atoms with E-state index in [1.807, 2.05) is 45.2 Å². The van der Waals surface area contributed by atoms with Crippen LogP contribution in [0, 0.1) is 0 Å². The highest BCUT2D eigenvalue weighted by Crippen LogP contribution is 2.32. The third-order valence-electron chi connectivity index (χ3n) is 7.30. The number of benzene rings is 2. The summed E-state index contributed by atoms with van der Waals surface area (Å²) in [6, 6.07) is 20.8. The molecule has 0 saturated carbocycles. The van der Waals surface area contributed by atoms with Gasteiger partial charge in [0.2, 0.25) is 5.95 Å². The molecule has 0 aliphatic carbocycles. The van der Waals surface area contributed by atoms with Crippen LogP contribution in [-0.4, -0.2) is 62.3 Å². The van der Waals surface area contributed by atoms with E-state index in [2.05, 4.69) is 69.2 Å². The second kappa shape index (κ2) is 10.7. The number of nitrogens with one attached hydrogen (secondary N) is 1. The Morgan fingerprint density at radius 1 is 0.927 bits per heavy atom. The zero-order valence-electron chi connectivity index (χ0n) is 24.0. The molecule has 2 aromatic carbocycles. The van der Waals surface area contributed by atoms with Gasteiger partial charge in [0, 0.05) is 78.2 Å². The van der Waals surface area contributed by atoms with Crippen LogP contribution in [0.2, 0.25) is 0 Å². The summed E-state index contributed by atoms with van der Waals surface area (Å²) in [6.07, 6.45) is 3.34. The normalized spacial score (nSPS) is 14.0. The van der Waals surface area contributed by atoms with Gasteiger partial charge in [-0.1, -0.05) is 18.2 Å². The Bertz CT molecular complexity index is 1700. The fraction of sp³-hybridized carbons (Fsp3) is 0.312. The van der Waals surface area contributed by atoms with E-state index in [1.54, 1.807) is 11.1 Å². The molecule has 0 radical (unpaired) electrons. The quantitative estimate of drug-likeness (QED) is 0.269. The number of aryl methyl sites for hydroxylation is 1. The lowest BCUT2D eigenvalue weighted by Gasteiger charge is -2.36. The first-order valence-corrected chi connectivity index (χ1v) is 14.1. The third kappa shape index (κ3) is 5.52. The molecule has 1 amide bonds. The lowest BCUT2D eigenvalue weighted by Crippen LogP contribution is -2.50. The van der Waals surface area contributed by atoms with Gasteiger partial charge in [0.05, 0.1) is 5.69 Å². The van der Waals surface area contributed by atoms with Crippen LogP contribution in [0.25, 0.3) is 33.1 Å². The van der Waals surface area contributed by atoms with Crippen molar-refractivity contribution in [1.82, 2.24) is 24.4 Å². The molecular formula is C32H35N7O2. The van der Waals surface area contributed by atoms with Crippen LogP contribution >= 0.6 is 0 Å². The number of aromatic nitrogens is 4. The van der Waals surface area contributed by atoms with Crippen molar-refractivity contribution in [2.75, 3.05) is 36.4 Å². The Morgan fingerprint density at radius 2 is 1.71 bits per heavy atom. The van der Waals surface area contributed by atoms with Crippen LogP contribution in [-0.2, 0) is 11.3 Å². The zero-order chi connectivity index (χ0) is 28.6. The SMILES string of the molecule is CCn1c2ccccc2c2cc(Nc3nccc(-c4ccc(N5CCN(C(=O)OC(C)(C)C)CC5)nc4)n3)ccc21. The molecule has 0 spiro atoms. The molecule has 0 atom stereocenters. The van der Waals surface area contributed by atoms with Gasteiger partial charge in [0.15, 0.2) is 0 Å². The second-order valence-electron chi connectivity index (χ2n) is 11.2. The number of hydrogen-bond acceptors (Lipinski definition) is 7. The van der Waals surface area contributed by atoms with Crippen LogP contribution in [0.3, 0.4) is 0 Å². The number of anilines is 3. The zero-order valence-corrected chi connectivity index (χ0v) is 24.0. The first kappa shape index (κ1) is 26.6. The van der Waals surface area contributed by atoms with Gasteiger partial charge < -0.3 is 24.4 Å². The van der Waals surface area contributed by atoms with Gasteiger partial charge in [0.1, 0.15) is 11.4 Å². The number of ether oxygens (including phenoxy) is 1. The highest BCUT2D eigenvalue weighted by atomic mass is 16.6. The number of para-hydroxylation sites is 1. The van der Waals surface area contributed by atoms with E-state index in [9.17, 15) is 4.79 Å². The minimum Gasteiger partial charge on any atom is -0.444 e. The number of fused-ring (bicyclic) bond motifs is 3. The third-order valence-corrected chi connectivity index (χ3v) is 7.30. The molecule has 1 N–H and O–H groups in total. The van der Waals surface area contributed by atoms with Crippen molar-refractivity contribution < 1.29 is 9.53 Å². The van der Waals surface area contributed by atoms with Crippen LogP contribution < -0.4 is 10.2 Å². The van der Waals surface area contributed by atoms with Gasteiger partial charge in [0.25, 0.3) is 0 Å². The second-order valence-corrected chi connectivity index (χ2v) is 11.2. The summed E-state index contributed by atoms with van der Waals surface area (Å²) in [5, 5.41) is 5.83. The lowest BCUT2D eigenvalue weighted by molar-refractivity contribution is 0.0240. The van der Waals surface area contributed by atoms with Crippen LogP contribution in [0.5, 0.6) is 0 Å². The summed E-state index contributed by atoms with van der Waals surface area (Å²) in [4.78, 5) is 30.2. The van der Waals surface area contributed by atoms with E-state index in [-0.39, 0.29) is 6.09 Å². The molecule has 5 aromatic rings. The lowest BCUT2D eigenvalue weighted by atomic mass is 10.1. The van der Waals surface area contributed by atoms with Crippen molar-refractivity contribution in [2.45, 2.75) is 39.8 Å². The fourth-order valence-corrected chi connectivity index (χ4v) is 5.35. The van der Waals surface area contributed by atoms with Gasteiger partial charge in [-0.2, -0.15) is 0 Å². The maximum Gasteiger partial charge on any atom is 0.410 e. The van der Waals surface area contributed by atoms with E-state index >= 15 is 0 Å². The number of pyridine rings is 1. The number of nitrogens with zero attached hydrogens (tertiary/aromatic N) is 6. The van der Waals surface area contributed by atoms with Crippen LogP contribution in [0.1, 0.15) is 27.7 Å². The van der Waals surface area contributed by atoms with Gasteiger partial charge in [-0.15, -0.1) is 0 Å². The Kier molecular flexibility index (Phi) is 6.95. The van der Waals surface area contributed by atoms with Gasteiger partial charge in [-0.25, -0.2) is 19.7 Å². The van der Waals surface area contributed by atoms with Gasteiger partial charge in [-0.05, 0) is 70.2 Å². The summed E-state index contributed by atoms with van der Waals surface area (Å²) in [6.45, 7) is 11.3. The highest BCUT2D eigenvalue weighted by Gasteiger charge is 2.26. The molecule has 41 heavy (non-hydrogen) atoms. The smallest absolute Gasteiger partial charge is 0.410 e. The first-order valence-electron chi connectivity index (χ1n) is 14.1. The molecule has 0 unspecified atom stereocenters. The predicted molar refractivity (Wildman–Crippen MR) is 164 cm³/mol. The van der Waals surface area contributed by atoms with Crippen LogP contribution in [0.15, 0.2) is 73.1 Å². The molecular weight excluding hydrogens is 514 g/mol. The van der Waals surface area contributed by atoms with E-state index in [0.29, 0.717) is 32.1 Å². The summed E-state index contributed by atoms with van der Waals surface area (Å²) in [5.41, 5.74) is 4.60. The average molecular weight is 550 g/mol. The molecule has 1 aliphatic heterocycles. The first-order chi connectivity index (χ1) is 19.8. The maximum atomic E-state index is 12.4. The fourth-order valence-electron chi connectivity index (χ4n) is 5.35. The van der Waals surface area contributed by atoms with Crippen molar-refractivity contribution in [2.24, 2.45) is 0 Å². The molecule has 9 heteroatoms. The predicted octanol–water partition coefficient (Wildman–Crippen LogP) is 6.47. The summed E-state index contributed by atoms with van der Waals surface area (Å²) < 4.78 is 7.84. The van der Waals surface area contributed by atoms with Crippen molar-refractivity contribution in [3.8, 4) is 11.3 Å². The molecule has 3 aromatic heterocycles. The van der Waals surface area contributed by atoms with E-state index in [0.717, 1.165) is 29.3 Å². The molecule has 6 rings (SSSR count). The molecule has 4 heterocycles. The Hall–Kier alpha value is -4.66. The largest absolute Gasteiger partial charge is 0.444 e. The van der Waals surface area contributed by atoms with E-state index in [4.69, 9.17) is 14.7 Å². The van der Waals surface area contributed by atoms with Gasteiger partial charge >= 0.3 is 6.09 Å². The number of carbonyl (C=O) groups excluding carboxylic acids is 1.